The first kappa shape index (κ1) is 17.8. The molecule has 0 bridgehead atoms. The molecular weight excluding hydrogens is 339 g/mol. The Bertz CT molecular complexity index is 178. The zero-order chi connectivity index (χ0) is 13.6. The van der Waals surface area contributed by atoms with Crippen LogP contribution in [0.3, 0.4) is 0 Å². The molecule has 112 valence electrons. The number of unbranched alkanes of at least 4 members (excludes halogenated alkanes) is 9. The van der Waals surface area contributed by atoms with Crippen LogP contribution in [0.1, 0.15) is 90.4 Å². The van der Waals surface area contributed by atoms with Crippen LogP contribution in [-0.2, 0) is 4.74 Å². The average Bonchev–Trinajstić information content (AvgIpc) is 2.46. The molecule has 0 spiro atoms. The molecule has 1 aliphatic rings. The van der Waals surface area contributed by atoms with Crippen LogP contribution in [0, 0.1) is 0 Å². The van der Waals surface area contributed by atoms with Crippen molar-refractivity contribution < 1.29 is 4.74 Å². The number of hydrogen-bond acceptors (Lipinski definition) is 1. The molecule has 1 fully saturated rings. The van der Waals surface area contributed by atoms with Gasteiger partial charge in [0.25, 0.3) is 0 Å². The maximum atomic E-state index is 5.85. The van der Waals surface area contributed by atoms with Crippen LogP contribution in [0.25, 0.3) is 0 Å². The van der Waals surface area contributed by atoms with E-state index in [9.17, 15) is 0 Å². The summed E-state index contributed by atoms with van der Waals surface area (Å²) in [5.41, 5.74) is 0. The molecule has 2 heteroatoms. The van der Waals surface area contributed by atoms with Crippen LogP contribution < -0.4 is 0 Å². The quantitative estimate of drug-likeness (QED) is 0.322. The van der Waals surface area contributed by atoms with Crippen molar-refractivity contribution in [3.05, 3.63) is 0 Å². The second-order valence-corrected chi connectivity index (χ2v) is 10.4. The molecule has 1 heterocycles. The Morgan fingerprint density at radius 3 is 2.05 bits per heavy atom. The Kier molecular flexibility index (Phi) is 12.9. The molecule has 1 aliphatic heterocycles. The van der Waals surface area contributed by atoms with Crippen molar-refractivity contribution in [2.75, 3.05) is 6.61 Å². The van der Waals surface area contributed by atoms with Crippen molar-refractivity contribution in [3.8, 4) is 0 Å². The zero-order valence-corrected chi connectivity index (χ0v) is 15.9. The van der Waals surface area contributed by atoms with E-state index in [2.05, 4.69) is 6.92 Å². The van der Waals surface area contributed by atoms with Gasteiger partial charge < -0.3 is 0 Å². The van der Waals surface area contributed by atoms with E-state index in [-0.39, 0.29) is 21.1 Å². The molecule has 1 rings (SSSR count). The van der Waals surface area contributed by atoms with E-state index in [1.54, 1.807) is 4.44 Å². The van der Waals surface area contributed by atoms with E-state index in [0.717, 1.165) is 10.7 Å². The second kappa shape index (κ2) is 13.7. The summed E-state index contributed by atoms with van der Waals surface area (Å²) in [6.45, 7) is 3.35. The first-order valence-corrected chi connectivity index (χ1v) is 12.4. The Balaban J connectivity index is 1.71. The molecule has 1 atom stereocenters. The number of ether oxygens (including phenoxy) is 1. The number of hydrogen-bond donors (Lipinski definition) is 0. The van der Waals surface area contributed by atoms with Crippen LogP contribution in [0.5, 0.6) is 0 Å². The summed E-state index contributed by atoms with van der Waals surface area (Å²) in [7, 11) is 0. The standard InChI is InChI=1S/C12H25.C5H9O.Sn/c1-3-5-7-9-11-12-10-8-6-4-2;1-2-4-6-5-3-1;/h1,3-12H2,2H3;4H,1-3,5H2;. The second-order valence-electron chi connectivity index (χ2n) is 5.99. The first-order chi connectivity index (χ1) is 9.43. The average molecular weight is 373 g/mol. The van der Waals surface area contributed by atoms with E-state index in [1.165, 1.54) is 83.5 Å². The molecule has 19 heavy (non-hydrogen) atoms. The summed E-state index contributed by atoms with van der Waals surface area (Å²) in [6, 6.07) is 0. The summed E-state index contributed by atoms with van der Waals surface area (Å²) >= 11 is -0.185. The van der Waals surface area contributed by atoms with Gasteiger partial charge in [0.1, 0.15) is 0 Å². The van der Waals surface area contributed by atoms with E-state index < -0.39 is 0 Å². The summed E-state index contributed by atoms with van der Waals surface area (Å²) in [5.74, 6) is 0. The normalized spacial score (nSPS) is 19.7. The van der Waals surface area contributed by atoms with Crippen molar-refractivity contribution >= 4 is 21.1 Å². The van der Waals surface area contributed by atoms with E-state index in [0.29, 0.717) is 0 Å². The third-order valence-electron chi connectivity index (χ3n) is 4.08. The SMILES string of the molecule is CCCCCCCCCCC[CH2][Sn][CH]1CCCCO1. The molecular formula is C17H34OSn. The molecule has 0 N–H and O–H groups in total. The predicted molar refractivity (Wildman–Crippen MR) is 86.0 cm³/mol. The van der Waals surface area contributed by atoms with Crippen molar-refractivity contribution in [3.63, 3.8) is 0 Å². The molecule has 0 aromatic carbocycles. The Labute approximate surface area is 131 Å². The Morgan fingerprint density at radius 1 is 0.842 bits per heavy atom. The van der Waals surface area contributed by atoms with Crippen molar-refractivity contribution in [2.45, 2.75) is 99.0 Å². The van der Waals surface area contributed by atoms with E-state index >= 15 is 0 Å². The van der Waals surface area contributed by atoms with Gasteiger partial charge in [-0.1, -0.05) is 0 Å². The third kappa shape index (κ3) is 11.1. The fourth-order valence-corrected chi connectivity index (χ4v) is 6.83. The van der Waals surface area contributed by atoms with Crippen LogP contribution in [0.2, 0.25) is 4.44 Å². The van der Waals surface area contributed by atoms with Crippen LogP contribution >= 0.6 is 0 Å². The van der Waals surface area contributed by atoms with Gasteiger partial charge in [-0.05, 0) is 0 Å². The number of rotatable bonds is 12. The van der Waals surface area contributed by atoms with Gasteiger partial charge in [0.15, 0.2) is 0 Å². The van der Waals surface area contributed by atoms with Gasteiger partial charge in [0, 0.05) is 0 Å². The molecule has 0 saturated carbocycles. The minimum atomic E-state index is -0.185. The minimum absolute atomic E-state index is 0.185. The van der Waals surface area contributed by atoms with Gasteiger partial charge in [-0.25, -0.2) is 0 Å². The first-order valence-electron chi connectivity index (χ1n) is 8.78. The summed E-state index contributed by atoms with van der Waals surface area (Å²) in [5, 5.41) is 0. The Morgan fingerprint density at radius 2 is 1.47 bits per heavy atom. The molecule has 1 unspecified atom stereocenters. The van der Waals surface area contributed by atoms with Crippen LogP contribution in [-0.4, -0.2) is 31.9 Å². The topological polar surface area (TPSA) is 9.23 Å². The fourth-order valence-electron chi connectivity index (χ4n) is 2.78. The van der Waals surface area contributed by atoms with Gasteiger partial charge in [0.2, 0.25) is 0 Å². The van der Waals surface area contributed by atoms with Gasteiger partial charge in [-0.15, -0.1) is 0 Å². The predicted octanol–water partition coefficient (Wildman–Crippen LogP) is 5.56. The molecule has 0 aromatic rings. The molecule has 1 nitrogen and oxygen atoms in total. The van der Waals surface area contributed by atoms with E-state index in [4.69, 9.17) is 4.74 Å². The Hall–Kier alpha value is 0.759. The summed E-state index contributed by atoms with van der Waals surface area (Å²) in [4.78, 5) is 0. The van der Waals surface area contributed by atoms with Gasteiger partial charge in [-0.2, -0.15) is 0 Å². The van der Waals surface area contributed by atoms with Crippen molar-refractivity contribution in [2.24, 2.45) is 0 Å². The molecule has 0 aromatic heterocycles. The summed E-state index contributed by atoms with van der Waals surface area (Å²) in [6.07, 6.45) is 18.8. The molecule has 0 amide bonds. The third-order valence-corrected chi connectivity index (χ3v) is 8.51. The molecule has 2 radical (unpaired) electrons. The van der Waals surface area contributed by atoms with Gasteiger partial charge >= 0.3 is 131 Å². The maximum absolute atomic E-state index is 5.85. The van der Waals surface area contributed by atoms with Crippen molar-refractivity contribution in [1.82, 2.24) is 0 Å². The summed E-state index contributed by atoms with van der Waals surface area (Å²) < 4.78 is 8.18. The zero-order valence-electron chi connectivity index (χ0n) is 13.1. The van der Waals surface area contributed by atoms with Crippen molar-refractivity contribution in [1.29, 1.82) is 0 Å². The fraction of sp³-hybridized carbons (Fsp3) is 1.00. The molecule has 1 saturated heterocycles. The van der Waals surface area contributed by atoms with E-state index in [1.807, 2.05) is 0 Å². The van der Waals surface area contributed by atoms with Crippen LogP contribution in [0.15, 0.2) is 0 Å². The molecule has 0 aliphatic carbocycles. The monoisotopic (exact) mass is 374 g/mol. The van der Waals surface area contributed by atoms with Crippen LogP contribution in [0.4, 0.5) is 0 Å². The van der Waals surface area contributed by atoms with Gasteiger partial charge in [0.05, 0.1) is 0 Å². The van der Waals surface area contributed by atoms with Gasteiger partial charge in [-0.3, -0.25) is 0 Å².